The molecule has 0 unspecified atom stereocenters. The molecule has 2 aromatic rings. The quantitative estimate of drug-likeness (QED) is 0.865. The van der Waals surface area contributed by atoms with Crippen molar-refractivity contribution in [2.75, 3.05) is 7.05 Å². The Labute approximate surface area is 114 Å². The fraction of sp³-hybridized carbons (Fsp3) is 0.250. The maximum atomic E-state index is 6.39. The van der Waals surface area contributed by atoms with Crippen LogP contribution in [0.25, 0.3) is 11.1 Å². The van der Waals surface area contributed by atoms with Crippen molar-refractivity contribution < 1.29 is 0 Å². The average molecular weight is 260 g/mol. The lowest BCUT2D eigenvalue weighted by Gasteiger charge is -2.13. The van der Waals surface area contributed by atoms with Crippen LogP contribution in [0.2, 0.25) is 5.02 Å². The molecule has 0 radical (unpaired) electrons. The molecule has 2 rings (SSSR count). The van der Waals surface area contributed by atoms with Gasteiger partial charge < -0.3 is 5.32 Å². The van der Waals surface area contributed by atoms with Gasteiger partial charge in [0, 0.05) is 17.1 Å². The smallest absolute Gasteiger partial charge is 0.0487 e. The molecule has 0 aromatic heterocycles. The molecule has 94 valence electrons. The lowest BCUT2D eigenvalue weighted by Crippen LogP contribution is -2.06. The molecular weight excluding hydrogens is 242 g/mol. The van der Waals surface area contributed by atoms with Crippen molar-refractivity contribution in [2.45, 2.75) is 20.4 Å². The minimum absolute atomic E-state index is 0.821. The van der Waals surface area contributed by atoms with Crippen LogP contribution in [0.1, 0.15) is 16.7 Å². The van der Waals surface area contributed by atoms with E-state index in [1.165, 1.54) is 22.3 Å². The van der Waals surface area contributed by atoms with Crippen molar-refractivity contribution in [3.8, 4) is 11.1 Å². The van der Waals surface area contributed by atoms with Crippen LogP contribution in [-0.2, 0) is 6.54 Å². The zero-order valence-electron chi connectivity index (χ0n) is 11.0. The van der Waals surface area contributed by atoms with Gasteiger partial charge >= 0.3 is 0 Å². The Balaban J connectivity index is 2.58. The molecule has 1 N–H and O–H groups in total. The molecule has 0 spiro atoms. The molecule has 18 heavy (non-hydrogen) atoms. The van der Waals surface area contributed by atoms with Gasteiger partial charge in [-0.1, -0.05) is 35.9 Å². The Morgan fingerprint density at radius 3 is 2.39 bits per heavy atom. The molecule has 1 nitrogen and oxygen atoms in total. The highest BCUT2D eigenvalue weighted by molar-refractivity contribution is 6.33. The van der Waals surface area contributed by atoms with Crippen molar-refractivity contribution in [3.05, 3.63) is 58.1 Å². The normalized spacial score (nSPS) is 10.7. The minimum Gasteiger partial charge on any atom is -0.316 e. The largest absolute Gasteiger partial charge is 0.316 e. The molecule has 2 heteroatoms. The van der Waals surface area contributed by atoms with Gasteiger partial charge in [0.15, 0.2) is 0 Å². The molecule has 0 atom stereocenters. The zero-order chi connectivity index (χ0) is 13.1. The summed E-state index contributed by atoms with van der Waals surface area (Å²) < 4.78 is 0. The number of halogens is 1. The molecule has 0 heterocycles. The Kier molecular flexibility index (Phi) is 4.05. The summed E-state index contributed by atoms with van der Waals surface area (Å²) in [5.74, 6) is 0. The average Bonchev–Trinajstić information content (AvgIpc) is 2.35. The van der Waals surface area contributed by atoms with E-state index in [1.54, 1.807) is 0 Å². The van der Waals surface area contributed by atoms with Gasteiger partial charge in [-0.05, 0) is 55.3 Å². The fourth-order valence-corrected chi connectivity index (χ4v) is 2.44. The van der Waals surface area contributed by atoms with Crippen molar-refractivity contribution in [1.82, 2.24) is 5.32 Å². The third-order valence-corrected chi connectivity index (χ3v) is 3.57. The van der Waals surface area contributed by atoms with Crippen LogP contribution in [0.4, 0.5) is 0 Å². The van der Waals surface area contributed by atoms with E-state index in [2.05, 4.69) is 49.5 Å². The summed E-state index contributed by atoms with van der Waals surface area (Å²) in [6.45, 7) is 5.06. The first-order valence-electron chi connectivity index (χ1n) is 6.13. The van der Waals surface area contributed by atoms with Crippen LogP contribution in [0.5, 0.6) is 0 Å². The fourth-order valence-electron chi connectivity index (χ4n) is 2.12. The van der Waals surface area contributed by atoms with Crippen molar-refractivity contribution in [1.29, 1.82) is 0 Å². The summed E-state index contributed by atoms with van der Waals surface area (Å²) in [7, 11) is 1.96. The third kappa shape index (κ3) is 2.58. The van der Waals surface area contributed by atoms with E-state index in [4.69, 9.17) is 11.6 Å². The second-order valence-corrected chi connectivity index (χ2v) is 5.01. The SMILES string of the molecule is CNCc1ccccc1-c1cc(C)c(C)cc1Cl. The monoisotopic (exact) mass is 259 g/mol. The highest BCUT2D eigenvalue weighted by Gasteiger charge is 2.09. The van der Waals surface area contributed by atoms with Crippen LogP contribution in [0.3, 0.4) is 0 Å². The highest BCUT2D eigenvalue weighted by atomic mass is 35.5. The third-order valence-electron chi connectivity index (χ3n) is 3.26. The number of hydrogen-bond donors (Lipinski definition) is 1. The van der Waals surface area contributed by atoms with E-state index in [9.17, 15) is 0 Å². The molecule has 0 amide bonds. The van der Waals surface area contributed by atoms with Crippen molar-refractivity contribution in [3.63, 3.8) is 0 Å². The minimum atomic E-state index is 0.821. The van der Waals surface area contributed by atoms with E-state index < -0.39 is 0 Å². The van der Waals surface area contributed by atoms with Gasteiger partial charge in [-0.3, -0.25) is 0 Å². The maximum absolute atomic E-state index is 6.39. The van der Waals surface area contributed by atoms with Crippen LogP contribution in [0, 0.1) is 13.8 Å². The topological polar surface area (TPSA) is 12.0 Å². The number of rotatable bonds is 3. The highest BCUT2D eigenvalue weighted by Crippen LogP contribution is 2.32. The summed E-state index contributed by atoms with van der Waals surface area (Å²) in [5.41, 5.74) is 6.10. The number of benzene rings is 2. The van der Waals surface area contributed by atoms with Gasteiger partial charge in [0.1, 0.15) is 0 Å². The van der Waals surface area contributed by atoms with Gasteiger partial charge in [-0.25, -0.2) is 0 Å². The standard InChI is InChI=1S/C16H18ClN/c1-11-8-15(16(17)9-12(11)2)14-7-5-4-6-13(14)10-18-3/h4-9,18H,10H2,1-3H3. The Hall–Kier alpha value is -1.31. The van der Waals surface area contributed by atoms with E-state index in [0.29, 0.717) is 0 Å². The molecule has 0 saturated carbocycles. The second kappa shape index (κ2) is 5.55. The molecule has 0 fully saturated rings. The lowest BCUT2D eigenvalue weighted by atomic mass is 9.96. The number of aryl methyl sites for hydroxylation is 2. The summed E-state index contributed by atoms with van der Waals surface area (Å²) in [5, 5.41) is 4.02. The molecule has 0 saturated heterocycles. The summed E-state index contributed by atoms with van der Waals surface area (Å²) >= 11 is 6.39. The Morgan fingerprint density at radius 1 is 1.00 bits per heavy atom. The van der Waals surface area contributed by atoms with Gasteiger partial charge in [0.25, 0.3) is 0 Å². The van der Waals surface area contributed by atoms with Crippen LogP contribution < -0.4 is 5.32 Å². The zero-order valence-corrected chi connectivity index (χ0v) is 11.8. The second-order valence-electron chi connectivity index (χ2n) is 4.60. The maximum Gasteiger partial charge on any atom is 0.0487 e. The van der Waals surface area contributed by atoms with Gasteiger partial charge in [0.2, 0.25) is 0 Å². The molecule has 0 aliphatic carbocycles. The molecular formula is C16H18ClN. The van der Waals surface area contributed by atoms with Crippen LogP contribution in [0.15, 0.2) is 36.4 Å². The van der Waals surface area contributed by atoms with E-state index in [0.717, 1.165) is 17.1 Å². The Morgan fingerprint density at radius 2 is 1.67 bits per heavy atom. The van der Waals surface area contributed by atoms with Crippen LogP contribution in [-0.4, -0.2) is 7.05 Å². The van der Waals surface area contributed by atoms with Gasteiger partial charge in [-0.2, -0.15) is 0 Å². The van der Waals surface area contributed by atoms with Crippen molar-refractivity contribution in [2.24, 2.45) is 0 Å². The summed E-state index contributed by atoms with van der Waals surface area (Å²) in [6.07, 6.45) is 0. The predicted molar refractivity (Wildman–Crippen MR) is 79.1 cm³/mol. The molecule has 0 aliphatic heterocycles. The molecule has 2 aromatic carbocycles. The van der Waals surface area contributed by atoms with Crippen molar-refractivity contribution >= 4 is 11.6 Å². The van der Waals surface area contributed by atoms with E-state index in [1.807, 2.05) is 13.1 Å². The predicted octanol–water partition coefficient (Wildman–Crippen LogP) is 4.34. The van der Waals surface area contributed by atoms with Gasteiger partial charge in [-0.15, -0.1) is 0 Å². The molecule has 0 bridgehead atoms. The van der Waals surface area contributed by atoms with E-state index in [-0.39, 0.29) is 0 Å². The lowest BCUT2D eigenvalue weighted by molar-refractivity contribution is 0.819. The number of hydrogen-bond acceptors (Lipinski definition) is 1. The first kappa shape index (κ1) is 13.1. The van der Waals surface area contributed by atoms with Gasteiger partial charge in [0.05, 0.1) is 0 Å². The summed E-state index contributed by atoms with van der Waals surface area (Å²) in [4.78, 5) is 0. The summed E-state index contributed by atoms with van der Waals surface area (Å²) in [6, 6.07) is 12.6. The number of nitrogens with one attached hydrogen (secondary N) is 1. The molecule has 0 aliphatic rings. The van der Waals surface area contributed by atoms with E-state index >= 15 is 0 Å². The first-order chi connectivity index (χ1) is 8.63. The Bertz CT molecular complexity index is 561. The first-order valence-corrected chi connectivity index (χ1v) is 6.51. The van der Waals surface area contributed by atoms with Crippen LogP contribution >= 0.6 is 11.6 Å².